The highest BCUT2D eigenvalue weighted by Crippen LogP contribution is 2.32. The van der Waals surface area contributed by atoms with Crippen LogP contribution in [0.1, 0.15) is 18.1 Å². The third-order valence-electron chi connectivity index (χ3n) is 4.63. The number of fused-ring (bicyclic) bond motifs is 1. The van der Waals surface area contributed by atoms with Gasteiger partial charge in [0, 0.05) is 31.2 Å². The van der Waals surface area contributed by atoms with Gasteiger partial charge >= 0.3 is 6.03 Å². The summed E-state index contributed by atoms with van der Waals surface area (Å²) in [6, 6.07) is 15.3. The van der Waals surface area contributed by atoms with Gasteiger partial charge in [-0.25, -0.2) is 4.79 Å². The van der Waals surface area contributed by atoms with Gasteiger partial charge in [0.05, 0.1) is 6.54 Å². The quantitative estimate of drug-likeness (QED) is 0.710. The highest BCUT2D eigenvalue weighted by atomic mass is 16.7. The first kappa shape index (κ1) is 17.9. The summed E-state index contributed by atoms with van der Waals surface area (Å²) in [5, 5.41) is 7.28. The largest absolute Gasteiger partial charge is 0.454 e. The molecule has 2 heterocycles. The summed E-state index contributed by atoms with van der Waals surface area (Å²) >= 11 is 0. The van der Waals surface area contributed by atoms with Gasteiger partial charge in [-0.3, -0.25) is 4.68 Å². The fourth-order valence-electron chi connectivity index (χ4n) is 3.13. The number of aromatic nitrogens is 2. The van der Waals surface area contributed by atoms with E-state index in [-0.39, 0.29) is 12.8 Å². The van der Waals surface area contributed by atoms with Crippen LogP contribution in [0.5, 0.6) is 11.5 Å². The number of carbonyl (C=O) groups excluding carboxylic acids is 1. The van der Waals surface area contributed by atoms with Crippen LogP contribution in [0.25, 0.3) is 0 Å². The number of hydrogen-bond acceptors (Lipinski definition) is 4. The van der Waals surface area contributed by atoms with Crippen molar-refractivity contribution in [1.29, 1.82) is 0 Å². The average Bonchev–Trinajstić information content (AvgIpc) is 3.38. The summed E-state index contributed by atoms with van der Waals surface area (Å²) < 4.78 is 12.6. The Hall–Kier alpha value is -3.48. The van der Waals surface area contributed by atoms with Gasteiger partial charge in [-0.1, -0.05) is 24.3 Å². The van der Waals surface area contributed by atoms with Crippen LogP contribution in [0.3, 0.4) is 0 Å². The standard InChI is InChI=1S/C21H22N4O3/c1-2-24(13-16-8-9-19-20(12-16)28-15-27-19)21(26)23-18-7-4-3-6-17(18)14-25-11-5-10-22-25/h3-12H,2,13-15H2,1H3,(H,23,26). The van der Waals surface area contributed by atoms with Gasteiger partial charge in [0.25, 0.3) is 0 Å². The predicted octanol–water partition coefficient (Wildman–Crippen LogP) is 3.71. The maximum absolute atomic E-state index is 12.9. The van der Waals surface area contributed by atoms with Crippen molar-refractivity contribution in [2.75, 3.05) is 18.7 Å². The van der Waals surface area contributed by atoms with Gasteiger partial charge in [0.2, 0.25) is 6.79 Å². The molecule has 1 aromatic heterocycles. The average molecular weight is 378 g/mol. The van der Waals surface area contributed by atoms with E-state index in [1.807, 2.05) is 66.3 Å². The molecule has 0 spiro atoms. The van der Waals surface area contributed by atoms with Crippen molar-refractivity contribution in [2.24, 2.45) is 0 Å². The van der Waals surface area contributed by atoms with Crippen molar-refractivity contribution in [1.82, 2.24) is 14.7 Å². The lowest BCUT2D eigenvalue weighted by Gasteiger charge is -2.22. The second-order valence-corrected chi connectivity index (χ2v) is 6.49. The van der Waals surface area contributed by atoms with E-state index in [4.69, 9.17) is 9.47 Å². The van der Waals surface area contributed by atoms with E-state index in [1.54, 1.807) is 11.1 Å². The number of hydrogen-bond donors (Lipinski definition) is 1. The van der Waals surface area contributed by atoms with Crippen LogP contribution in [-0.2, 0) is 13.1 Å². The molecule has 2 amide bonds. The third-order valence-corrected chi connectivity index (χ3v) is 4.63. The summed E-state index contributed by atoms with van der Waals surface area (Å²) in [6.07, 6.45) is 3.64. The lowest BCUT2D eigenvalue weighted by Crippen LogP contribution is -2.34. The number of carbonyl (C=O) groups is 1. The number of ether oxygens (including phenoxy) is 2. The van der Waals surface area contributed by atoms with Gasteiger partial charge < -0.3 is 19.7 Å². The molecule has 144 valence electrons. The summed E-state index contributed by atoms with van der Waals surface area (Å²) in [5.74, 6) is 1.46. The zero-order valence-corrected chi connectivity index (χ0v) is 15.7. The molecule has 0 fully saturated rings. The van der Waals surface area contributed by atoms with Crippen LogP contribution in [0.4, 0.5) is 10.5 Å². The maximum Gasteiger partial charge on any atom is 0.322 e. The molecule has 0 bridgehead atoms. The van der Waals surface area contributed by atoms with Crippen LogP contribution in [0.2, 0.25) is 0 Å². The first-order valence-electron chi connectivity index (χ1n) is 9.22. The third kappa shape index (κ3) is 3.93. The molecule has 7 nitrogen and oxygen atoms in total. The molecular formula is C21H22N4O3. The lowest BCUT2D eigenvalue weighted by molar-refractivity contribution is 0.174. The van der Waals surface area contributed by atoms with Crippen molar-refractivity contribution in [3.05, 3.63) is 72.1 Å². The number of urea groups is 1. The lowest BCUT2D eigenvalue weighted by atomic mass is 10.1. The zero-order valence-electron chi connectivity index (χ0n) is 15.7. The van der Waals surface area contributed by atoms with Crippen LogP contribution < -0.4 is 14.8 Å². The number of para-hydroxylation sites is 1. The molecular weight excluding hydrogens is 356 g/mol. The minimum atomic E-state index is -0.145. The van der Waals surface area contributed by atoms with Gasteiger partial charge in [0.1, 0.15) is 0 Å². The van der Waals surface area contributed by atoms with Crippen LogP contribution in [0.15, 0.2) is 60.9 Å². The summed E-state index contributed by atoms with van der Waals surface area (Å²) in [7, 11) is 0. The van der Waals surface area contributed by atoms with Crippen molar-refractivity contribution in [2.45, 2.75) is 20.0 Å². The number of nitrogens with zero attached hydrogens (tertiary/aromatic N) is 3. The highest BCUT2D eigenvalue weighted by Gasteiger charge is 2.17. The van der Waals surface area contributed by atoms with Gasteiger partial charge in [-0.15, -0.1) is 0 Å². The summed E-state index contributed by atoms with van der Waals surface area (Å²) in [6.45, 7) is 3.87. The Labute approximate surface area is 163 Å². The Kier molecular flexibility index (Phi) is 5.14. The van der Waals surface area contributed by atoms with E-state index in [0.717, 1.165) is 28.3 Å². The molecule has 1 N–H and O–H groups in total. The van der Waals surface area contributed by atoms with E-state index >= 15 is 0 Å². The second kappa shape index (κ2) is 8.04. The minimum Gasteiger partial charge on any atom is -0.454 e. The maximum atomic E-state index is 12.9. The molecule has 0 saturated carbocycles. The van der Waals surface area contributed by atoms with Gasteiger partial charge in [0.15, 0.2) is 11.5 Å². The Balaban J connectivity index is 1.46. The zero-order chi connectivity index (χ0) is 19.3. The van der Waals surface area contributed by atoms with Crippen molar-refractivity contribution in [3.8, 4) is 11.5 Å². The molecule has 3 aromatic rings. The Morgan fingerprint density at radius 1 is 1.18 bits per heavy atom. The molecule has 0 unspecified atom stereocenters. The molecule has 1 aliphatic rings. The van der Waals surface area contributed by atoms with Gasteiger partial charge in [-0.2, -0.15) is 5.10 Å². The summed E-state index contributed by atoms with van der Waals surface area (Å²) in [5.41, 5.74) is 2.77. The fraction of sp³-hybridized carbons (Fsp3) is 0.238. The highest BCUT2D eigenvalue weighted by molar-refractivity contribution is 5.90. The molecule has 0 atom stereocenters. The minimum absolute atomic E-state index is 0.145. The van der Waals surface area contributed by atoms with E-state index in [1.165, 1.54) is 0 Å². The van der Waals surface area contributed by atoms with Crippen molar-refractivity contribution >= 4 is 11.7 Å². The normalized spacial score (nSPS) is 12.0. The molecule has 7 heteroatoms. The topological polar surface area (TPSA) is 68.6 Å². The molecule has 0 saturated heterocycles. The van der Waals surface area contributed by atoms with Crippen LogP contribution >= 0.6 is 0 Å². The van der Waals surface area contributed by atoms with Crippen LogP contribution in [0, 0.1) is 0 Å². The molecule has 0 radical (unpaired) electrons. The Bertz CT molecular complexity index is 956. The molecule has 1 aliphatic heterocycles. The number of rotatable bonds is 6. The first-order chi connectivity index (χ1) is 13.7. The molecule has 4 rings (SSSR count). The Morgan fingerprint density at radius 3 is 2.86 bits per heavy atom. The fourth-order valence-corrected chi connectivity index (χ4v) is 3.13. The number of nitrogens with one attached hydrogen (secondary N) is 1. The monoisotopic (exact) mass is 378 g/mol. The van der Waals surface area contributed by atoms with E-state index < -0.39 is 0 Å². The van der Waals surface area contributed by atoms with E-state index in [0.29, 0.717) is 19.6 Å². The van der Waals surface area contributed by atoms with Crippen molar-refractivity contribution in [3.63, 3.8) is 0 Å². The predicted molar refractivity (Wildman–Crippen MR) is 105 cm³/mol. The number of benzene rings is 2. The van der Waals surface area contributed by atoms with Gasteiger partial charge in [-0.05, 0) is 42.3 Å². The number of amides is 2. The number of anilines is 1. The van der Waals surface area contributed by atoms with E-state index in [2.05, 4.69) is 10.4 Å². The van der Waals surface area contributed by atoms with Crippen LogP contribution in [-0.4, -0.2) is 34.0 Å². The second-order valence-electron chi connectivity index (χ2n) is 6.49. The first-order valence-corrected chi connectivity index (χ1v) is 9.22. The van der Waals surface area contributed by atoms with Crippen molar-refractivity contribution < 1.29 is 14.3 Å². The SMILES string of the molecule is CCN(Cc1ccc2c(c1)OCO2)C(=O)Nc1ccccc1Cn1cccn1. The molecule has 2 aromatic carbocycles. The Morgan fingerprint density at radius 2 is 2.04 bits per heavy atom. The smallest absolute Gasteiger partial charge is 0.322 e. The summed E-state index contributed by atoms with van der Waals surface area (Å²) in [4.78, 5) is 14.6. The van der Waals surface area contributed by atoms with E-state index in [9.17, 15) is 4.79 Å². The molecule has 28 heavy (non-hydrogen) atoms. The molecule has 0 aliphatic carbocycles.